The molecule has 0 saturated heterocycles. The average Bonchev–Trinajstić information content (AvgIpc) is 0.722. The Hall–Kier alpha value is 0.584. The van der Waals surface area contributed by atoms with Gasteiger partial charge in [0.1, 0.15) is 0 Å². The van der Waals surface area contributed by atoms with E-state index >= 15 is 0 Å². The van der Waals surface area contributed by atoms with Crippen molar-refractivity contribution in [3.8, 4) is 0 Å². The monoisotopic (exact) mass is 162 g/mol. The first-order chi connectivity index (χ1) is 2.00. The Bertz CT molecular complexity index is 94.9. The quantitative estimate of drug-likeness (QED) is 0.354. The Morgan fingerprint density at radius 3 is 1.43 bits per heavy atom. The van der Waals surface area contributed by atoms with Gasteiger partial charge in [0.15, 0.2) is 0 Å². The minimum atomic E-state index is -3.67. The molecule has 0 aromatic carbocycles. The summed E-state index contributed by atoms with van der Waals surface area (Å²) in [6.07, 6.45) is 0.715. The van der Waals surface area contributed by atoms with E-state index in [0.717, 1.165) is 0 Å². The molecule has 0 aliphatic heterocycles. The second kappa shape index (κ2) is 4.74. The molecule has 0 unspecified atom stereocenters. The van der Waals surface area contributed by atoms with Crippen LogP contribution in [-0.4, -0.2) is 24.7 Å². The van der Waals surface area contributed by atoms with Crippen LogP contribution < -0.4 is 0 Å². The molecule has 0 rings (SSSR count). The molecule has 0 aliphatic rings. The minimum absolute atomic E-state index is 0. The van der Waals surface area contributed by atoms with E-state index in [-0.39, 0.29) is 27.2 Å². The Kier molecular flexibility index (Phi) is 10.6. The van der Waals surface area contributed by atoms with Gasteiger partial charge < -0.3 is 5.48 Å². The van der Waals surface area contributed by atoms with Gasteiger partial charge in [-0.25, -0.2) is 0 Å². The summed E-state index contributed by atoms with van der Waals surface area (Å²) in [6.45, 7) is 0. The van der Waals surface area contributed by atoms with Crippen LogP contribution in [0.25, 0.3) is 0 Å². The van der Waals surface area contributed by atoms with Crippen molar-refractivity contribution in [3.05, 3.63) is 0 Å². The van der Waals surface area contributed by atoms with E-state index < -0.39 is 10.1 Å². The summed E-state index contributed by atoms with van der Waals surface area (Å²) >= 11 is 0. The second-order valence-electron chi connectivity index (χ2n) is 0.733. The van der Waals surface area contributed by atoms with Crippen LogP contribution in [-0.2, 0) is 31.8 Å². The van der Waals surface area contributed by atoms with Gasteiger partial charge in [0, 0.05) is 21.7 Å². The van der Waals surface area contributed by atoms with Crippen LogP contribution in [0.1, 0.15) is 0 Å². The molecule has 0 aromatic rings. The Balaban J connectivity index is -0.0000000800. The number of hydrogen-bond donors (Lipinski definition) is 1. The molecule has 0 bridgehead atoms. The molecule has 0 radical (unpaired) electrons. The molecular weight excluding hydrogens is 156 g/mol. The maximum atomic E-state index is 9.19. The molecule has 0 aliphatic carbocycles. The fourth-order valence-electron chi connectivity index (χ4n) is 0. The normalized spacial score (nSPS) is 8.29. The first-order valence-electron chi connectivity index (χ1n) is 0.924. The molecule has 3 N–H and O–H groups in total. The van der Waals surface area contributed by atoms with Crippen molar-refractivity contribution in [1.29, 1.82) is 0 Å². The van der Waals surface area contributed by atoms with Gasteiger partial charge in [0.25, 0.3) is 10.1 Å². The van der Waals surface area contributed by atoms with Gasteiger partial charge >= 0.3 is 0 Å². The molecule has 0 atom stereocenters. The summed E-state index contributed by atoms with van der Waals surface area (Å²) in [7, 11) is -3.67. The van der Waals surface area contributed by atoms with Crippen molar-refractivity contribution < 1.29 is 40.2 Å². The van der Waals surface area contributed by atoms with Crippen molar-refractivity contribution in [3.63, 3.8) is 0 Å². The predicted octanol–water partition coefficient (Wildman–Crippen LogP) is -1.32. The van der Waals surface area contributed by atoms with Crippen LogP contribution in [0.15, 0.2) is 0 Å². The van der Waals surface area contributed by atoms with E-state index in [2.05, 4.69) is 0 Å². The van der Waals surface area contributed by atoms with E-state index in [1.165, 1.54) is 0 Å². The smallest absolute Gasteiger partial charge is 0.261 e. The summed E-state index contributed by atoms with van der Waals surface area (Å²) in [4.78, 5) is 0. The van der Waals surface area contributed by atoms with E-state index in [1.54, 1.807) is 0 Å². The van der Waals surface area contributed by atoms with Crippen LogP contribution in [0.4, 0.5) is 0 Å². The molecule has 0 aromatic heterocycles. The molecule has 0 heterocycles. The van der Waals surface area contributed by atoms with Crippen molar-refractivity contribution in [2.24, 2.45) is 0 Å². The summed E-state index contributed by atoms with van der Waals surface area (Å²) in [6, 6.07) is 0. The van der Waals surface area contributed by atoms with Crippen LogP contribution in [0, 0.1) is 0 Å². The van der Waals surface area contributed by atoms with Crippen LogP contribution in [0.5, 0.6) is 0 Å². The van der Waals surface area contributed by atoms with Gasteiger partial charge in [-0.15, -0.1) is 0 Å². The van der Waals surface area contributed by atoms with Gasteiger partial charge in [-0.2, -0.15) is 8.42 Å². The van der Waals surface area contributed by atoms with Crippen LogP contribution in [0.2, 0.25) is 0 Å². The molecule has 0 fully saturated rings. The standard InChI is InChI=1S/CH4O3S.H2O.Ti/c1-5(2,3)4;;/h1H3,(H,2,3,4);1H2;. The van der Waals surface area contributed by atoms with Crippen molar-refractivity contribution in [2.45, 2.75) is 0 Å². The molecule has 0 saturated carbocycles. The first kappa shape index (κ1) is 15.6. The Morgan fingerprint density at radius 2 is 1.43 bits per heavy atom. The zero-order chi connectivity index (χ0) is 4.50. The summed E-state index contributed by atoms with van der Waals surface area (Å²) in [5.41, 5.74) is 0. The Morgan fingerprint density at radius 1 is 1.43 bits per heavy atom. The average molecular weight is 162 g/mol. The molecule has 44 valence electrons. The maximum Gasteiger partial charge on any atom is 0.261 e. The van der Waals surface area contributed by atoms with Crippen molar-refractivity contribution >= 4 is 10.1 Å². The van der Waals surface area contributed by atoms with Crippen molar-refractivity contribution in [2.75, 3.05) is 6.26 Å². The zero-order valence-corrected chi connectivity index (χ0v) is 6.05. The van der Waals surface area contributed by atoms with Gasteiger partial charge in [0.2, 0.25) is 0 Å². The molecule has 0 amide bonds. The Labute approximate surface area is 56.9 Å². The van der Waals surface area contributed by atoms with Gasteiger partial charge in [-0.05, 0) is 0 Å². The van der Waals surface area contributed by atoms with Gasteiger partial charge in [-0.3, -0.25) is 4.55 Å². The predicted molar refractivity (Wildman–Crippen MR) is 21.1 cm³/mol. The molecular formula is CH6O4STi. The van der Waals surface area contributed by atoms with Gasteiger partial charge in [-0.1, -0.05) is 0 Å². The largest absolute Gasteiger partial charge is 0.412 e. The molecule has 4 nitrogen and oxygen atoms in total. The third-order valence-electron chi connectivity index (χ3n) is 0. The van der Waals surface area contributed by atoms with Crippen LogP contribution >= 0.6 is 0 Å². The van der Waals surface area contributed by atoms with Crippen molar-refractivity contribution in [1.82, 2.24) is 0 Å². The summed E-state index contributed by atoms with van der Waals surface area (Å²) < 4.78 is 25.9. The fourth-order valence-corrected chi connectivity index (χ4v) is 0. The molecule has 6 heteroatoms. The zero-order valence-electron chi connectivity index (χ0n) is 3.67. The fraction of sp³-hybridized carbons (Fsp3) is 1.00. The SMILES string of the molecule is CS(=O)(=O)O.O.[Ti]. The van der Waals surface area contributed by atoms with E-state index in [9.17, 15) is 8.42 Å². The summed E-state index contributed by atoms with van der Waals surface area (Å²) in [5.74, 6) is 0. The van der Waals surface area contributed by atoms with Crippen LogP contribution in [0.3, 0.4) is 0 Å². The number of hydrogen-bond acceptors (Lipinski definition) is 2. The first-order valence-corrected chi connectivity index (χ1v) is 2.77. The van der Waals surface area contributed by atoms with E-state index in [1.807, 2.05) is 0 Å². The second-order valence-corrected chi connectivity index (χ2v) is 2.20. The third-order valence-corrected chi connectivity index (χ3v) is 0. The van der Waals surface area contributed by atoms with Gasteiger partial charge in [0.05, 0.1) is 6.26 Å². The summed E-state index contributed by atoms with van der Waals surface area (Å²) in [5, 5.41) is 0. The van der Waals surface area contributed by atoms with E-state index in [4.69, 9.17) is 4.55 Å². The number of rotatable bonds is 0. The topological polar surface area (TPSA) is 85.9 Å². The molecule has 0 spiro atoms. The van der Waals surface area contributed by atoms with E-state index in [0.29, 0.717) is 6.26 Å². The minimum Gasteiger partial charge on any atom is -0.412 e. The molecule has 7 heavy (non-hydrogen) atoms. The maximum absolute atomic E-state index is 9.19. The third kappa shape index (κ3) is 405.